The lowest BCUT2D eigenvalue weighted by Gasteiger charge is -2.33. The summed E-state index contributed by atoms with van der Waals surface area (Å²) in [5, 5.41) is 4.17. The van der Waals surface area contributed by atoms with Gasteiger partial charge in [0.1, 0.15) is 17.0 Å². The highest BCUT2D eigenvalue weighted by molar-refractivity contribution is 7.20. The SMILES string of the molecule is Cc1c(C(=O)NCCN2CCCCC2C)sc2ncnc(N3CCN(C)CC3)c12. The Bertz CT molecular complexity index is 860. The van der Waals surface area contributed by atoms with Crippen LogP contribution in [-0.4, -0.2) is 84.6 Å². The lowest BCUT2D eigenvalue weighted by molar-refractivity contribution is 0.0942. The first-order valence-corrected chi connectivity index (χ1v) is 11.6. The van der Waals surface area contributed by atoms with E-state index in [9.17, 15) is 4.79 Å². The van der Waals surface area contributed by atoms with Crippen molar-refractivity contribution in [3.63, 3.8) is 0 Å². The number of amides is 1. The summed E-state index contributed by atoms with van der Waals surface area (Å²) in [7, 11) is 2.15. The second-order valence-corrected chi connectivity index (χ2v) is 9.36. The molecule has 1 atom stereocenters. The van der Waals surface area contributed by atoms with Crippen LogP contribution in [0, 0.1) is 6.92 Å². The van der Waals surface area contributed by atoms with Gasteiger partial charge in [0.2, 0.25) is 0 Å². The number of hydrogen-bond acceptors (Lipinski definition) is 7. The van der Waals surface area contributed by atoms with E-state index in [0.717, 1.165) is 65.7 Å². The normalized spacial score (nSPS) is 21.6. The van der Waals surface area contributed by atoms with E-state index in [-0.39, 0.29) is 5.91 Å². The first-order valence-electron chi connectivity index (χ1n) is 10.7. The van der Waals surface area contributed by atoms with Crippen molar-refractivity contribution in [3.05, 3.63) is 16.8 Å². The second-order valence-electron chi connectivity index (χ2n) is 8.36. The fraction of sp³-hybridized carbons (Fsp3) is 0.667. The average molecular weight is 417 g/mol. The number of piperazine rings is 1. The van der Waals surface area contributed by atoms with Gasteiger partial charge in [-0.2, -0.15) is 0 Å². The molecule has 1 unspecified atom stereocenters. The Morgan fingerprint density at radius 2 is 2.00 bits per heavy atom. The Morgan fingerprint density at radius 1 is 1.21 bits per heavy atom. The minimum absolute atomic E-state index is 0.0134. The molecule has 4 rings (SSSR count). The molecular weight excluding hydrogens is 384 g/mol. The Balaban J connectivity index is 1.47. The van der Waals surface area contributed by atoms with E-state index >= 15 is 0 Å². The third kappa shape index (κ3) is 4.39. The summed E-state index contributed by atoms with van der Waals surface area (Å²) in [5.41, 5.74) is 1.00. The van der Waals surface area contributed by atoms with Crippen LogP contribution in [0.25, 0.3) is 10.2 Å². The van der Waals surface area contributed by atoms with E-state index < -0.39 is 0 Å². The number of aryl methyl sites for hydroxylation is 1. The predicted molar refractivity (Wildman–Crippen MR) is 119 cm³/mol. The first-order chi connectivity index (χ1) is 14.0. The molecule has 2 aliphatic rings. The Kier molecular flexibility index (Phi) is 6.32. The Morgan fingerprint density at radius 3 is 2.76 bits per heavy atom. The number of carbonyl (C=O) groups is 1. The molecule has 4 heterocycles. The monoisotopic (exact) mass is 416 g/mol. The summed E-state index contributed by atoms with van der Waals surface area (Å²) in [4.78, 5) is 30.8. The maximum atomic E-state index is 12.9. The standard InChI is InChI=1S/C21H32N6OS/c1-15-6-4-5-8-26(15)9-7-22-20(28)18-16(2)17-19(23-14-24-21(17)29-18)27-12-10-25(3)11-13-27/h14-15H,4-13H2,1-3H3,(H,22,28). The molecule has 29 heavy (non-hydrogen) atoms. The molecule has 0 bridgehead atoms. The number of thiophene rings is 1. The van der Waals surface area contributed by atoms with E-state index in [2.05, 4.69) is 44.0 Å². The molecule has 158 valence electrons. The zero-order valence-electron chi connectivity index (χ0n) is 17.8. The van der Waals surface area contributed by atoms with Crippen LogP contribution >= 0.6 is 11.3 Å². The third-order valence-electron chi connectivity index (χ3n) is 6.34. The second kappa shape index (κ2) is 8.93. The van der Waals surface area contributed by atoms with Gasteiger partial charge in [-0.05, 0) is 45.8 Å². The molecule has 1 amide bonds. The van der Waals surface area contributed by atoms with Gasteiger partial charge < -0.3 is 15.1 Å². The summed E-state index contributed by atoms with van der Waals surface area (Å²) >= 11 is 1.48. The highest BCUT2D eigenvalue weighted by Gasteiger charge is 2.24. The number of rotatable bonds is 5. The van der Waals surface area contributed by atoms with Gasteiger partial charge in [0.15, 0.2) is 0 Å². The number of fused-ring (bicyclic) bond motifs is 1. The van der Waals surface area contributed by atoms with Gasteiger partial charge in [-0.3, -0.25) is 9.69 Å². The number of nitrogens with zero attached hydrogens (tertiary/aromatic N) is 5. The summed E-state index contributed by atoms with van der Waals surface area (Å²) in [6, 6.07) is 0.619. The number of nitrogens with one attached hydrogen (secondary N) is 1. The average Bonchev–Trinajstić information content (AvgIpc) is 3.07. The number of likely N-dealkylation sites (tertiary alicyclic amines) is 1. The lowest BCUT2D eigenvalue weighted by Crippen LogP contribution is -2.44. The van der Waals surface area contributed by atoms with Crippen molar-refractivity contribution >= 4 is 33.3 Å². The largest absolute Gasteiger partial charge is 0.353 e. The van der Waals surface area contributed by atoms with E-state index in [4.69, 9.17) is 0 Å². The van der Waals surface area contributed by atoms with E-state index in [1.54, 1.807) is 6.33 Å². The quantitative estimate of drug-likeness (QED) is 0.807. The van der Waals surface area contributed by atoms with Crippen LogP contribution in [-0.2, 0) is 0 Å². The number of anilines is 1. The Hall–Kier alpha value is -1.77. The zero-order chi connectivity index (χ0) is 20.4. The maximum absolute atomic E-state index is 12.9. The summed E-state index contributed by atoms with van der Waals surface area (Å²) in [6.07, 6.45) is 5.48. The molecule has 2 aromatic rings. The molecule has 2 fully saturated rings. The summed E-state index contributed by atoms with van der Waals surface area (Å²) in [5.74, 6) is 0.984. The van der Waals surface area contributed by atoms with Crippen LogP contribution in [0.15, 0.2) is 6.33 Å². The topological polar surface area (TPSA) is 64.6 Å². The van der Waals surface area contributed by atoms with Crippen LogP contribution in [0.2, 0.25) is 0 Å². The molecular formula is C21H32N6OS. The van der Waals surface area contributed by atoms with Gasteiger partial charge in [0.25, 0.3) is 5.91 Å². The molecule has 0 saturated carbocycles. The van der Waals surface area contributed by atoms with Crippen LogP contribution in [0.4, 0.5) is 5.82 Å². The summed E-state index contributed by atoms with van der Waals surface area (Å²) < 4.78 is 0. The fourth-order valence-corrected chi connectivity index (χ4v) is 5.47. The fourth-order valence-electron chi connectivity index (χ4n) is 4.41. The number of aromatic nitrogens is 2. The van der Waals surface area contributed by atoms with Gasteiger partial charge in [-0.1, -0.05) is 6.42 Å². The number of likely N-dealkylation sites (N-methyl/N-ethyl adjacent to an activating group) is 1. The minimum Gasteiger partial charge on any atom is -0.353 e. The molecule has 0 aliphatic carbocycles. The van der Waals surface area contributed by atoms with Gasteiger partial charge in [-0.15, -0.1) is 11.3 Å². The summed E-state index contributed by atoms with van der Waals surface area (Å²) in [6.45, 7) is 11.0. The molecule has 1 N–H and O–H groups in total. The minimum atomic E-state index is 0.0134. The molecule has 2 aromatic heterocycles. The molecule has 2 aliphatic heterocycles. The molecule has 0 spiro atoms. The smallest absolute Gasteiger partial charge is 0.261 e. The van der Waals surface area contributed by atoms with Crippen molar-refractivity contribution in [1.29, 1.82) is 0 Å². The zero-order valence-corrected chi connectivity index (χ0v) is 18.6. The van der Waals surface area contributed by atoms with E-state index in [1.165, 1.54) is 30.6 Å². The van der Waals surface area contributed by atoms with Crippen LogP contribution in [0.1, 0.15) is 41.4 Å². The van der Waals surface area contributed by atoms with Gasteiger partial charge in [0.05, 0.1) is 10.3 Å². The van der Waals surface area contributed by atoms with Crippen molar-refractivity contribution in [3.8, 4) is 0 Å². The van der Waals surface area contributed by atoms with Crippen molar-refractivity contribution in [2.45, 2.75) is 39.2 Å². The lowest BCUT2D eigenvalue weighted by atomic mass is 10.0. The van der Waals surface area contributed by atoms with Crippen molar-refractivity contribution < 1.29 is 4.79 Å². The van der Waals surface area contributed by atoms with E-state index in [1.807, 2.05) is 6.92 Å². The third-order valence-corrected chi connectivity index (χ3v) is 7.54. The first kappa shape index (κ1) is 20.5. The van der Waals surface area contributed by atoms with Crippen molar-refractivity contribution in [2.24, 2.45) is 0 Å². The highest BCUT2D eigenvalue weighted by Crippen LogP contribution is 2.35. The van der Waals surface area contributed by atoms with Crippen LogP contribution in [0.3, 0.4) is 0 Å². The van der Waals surface area contributed by atoms with Gasteiger partial charge in [-0.25, -0.2) is 9.97 Å². The van der Waals surface area contributed by atoms with Crippen LogP contribution in [0.5, 0.6) is 0 Å². The molecule has 8 heteroatoms. The van der Waals surface area contributed by atoms with Gasteiger partial charge in [0, 0.05) is 45.3 Å². The van der Waals surface area contributed by atoms with Crippen LogP contribution < -0.4 is 10.2 Å². The highest BCUT2D eigenvalue weighted by atomic mass is 32.1. The molecule has 0 aromatic carbocycles. The maximum Gasteiger partial charge on any atom is 0.261 e. The molecule has 2 saturated heterocycles. The Labute approximate surface area is 177 Å². The number of hydrogen-bond donors (Lipinski definition) is 1. The van der Waals surface area contributed by atoms with Crippen molar-refractivity contribution in [2.75, 3.05) is 57.8 Å². The number of piperidine rings is 1. The van der Waals surface area contributed by atoms with E-state index in [0.29, 0.717) is 12.6 Å². The molecule has 0 radical (unpaired) electrons. The predicted octanol–water partition coefficient (Wildman–Crippen LogP) is 2.36. The molecule has 7 nitrogen and oxygen atoms in total. The van der Waals surface area contributed by atoms with Crippen molar-refractivity contribution in [1.82, 2.24) is 25.1 Å². The number of carbonyl (C=O) groups excluding carboxylic acids is 1. The van der Waals surface area contributed by atoms with Gasteiger partial charge >= 0.3 is 0 Å².